The molecule has 0 unspecified atom stereocenters. The van der Waals surface area contributed by atoms with Crippen molar-refractivity contribution in [2.45, 2.75) is 13.3 Å². The summed E-state index contributed by atoms with van der Waals surface area (Å²) in [5, 5.41) is 10.1. The van der Waals surface area contributed by atoms with Crippen LogP contribution >= 0.6 is 11.8 Å². The normalized spacial score (nSPS) is 9.30. The van der Waals surface area contributed by atoms with Crippen molar-refractivity contribution in [3.05, 3.63) is 12.2 Å². The van der Waals surface area contributed by atoms with E-state index in [1.165, 1.54) is 0 Å². The summed E-state index contributed by atoms with van der Waals surface area (Å²) >= 11 is 1.70. The van der Waals surface area contributed by atoms with E-state index in [1.807, 2.05) is 6.92 Å². The lowest BCUT2D eigenvalue weighted by Gasteiger charge is -2.04. The molecule has 0 atom stereocenters. The number of carbonyl (C=O) groups is 1. The number of hydrogen-bond donors (Lipinski definition) is 0. The summed E-state index contributed by atoms with van der Waals surface area (Å²) in [7, 11) is 0. The summed E-state index contributed by atoms with van der Waals surface area (Å²) in [5.41, 5.74) is 0.195. The van der Waals surface area contributed by atoms with Crippen LogP contribution < -0.4 is 5.11 Å². The largest absolute Gasteiger partial charge is 0.545 e. The van der Waals surface area contributed by atoms with Gasteiger partial charge >= 0.3 is 0 Å². The predicted molar refractivity (Wildman–Crippen MR) is 41.8 cm³/mol. The van der Waals surface area contributed by atoms with Crippen LogP contribution in [0.25, 0.3) is 0 Å². The van der Waals surface area contributed by atoms with Crippen LogP contribution in [0.2, 0.25) is 0 Å². The number of carbonyl (C=O) groups excluding carboxylic acids is 1. The minimum atomic E-state index is -1.13. The van der Waals surface area contributed by atoms with Gasteiger partial charge in [0.05, 0.1) is 5.97 Å². The van der Waals surface area contributed by atoms with Crippen molar-refractivity contribution >= 4 is 17.7 Å². The van der Waals surface area contributed by atoms with Crippen LogP contribution in [-0.4, -0.2) is 17.5 Å². The Hall–Kier alpha value is -0.440. The number of rotatable bonds is 5. The smallest absolute Gasteiger partial charge is 0.0669 e. The second kappa shape index (κ2) is 5.35. The molecular formula is C7H11O2S-. The quantitative estimate of drug-likeness (QED) is 0.431. The molecule has 0 aromatic rings. The molecule has 0 aliphatic carbocycles. The van der Waals surface area contributed by atoms with Gasteiger partial charge in [-0.1, -0.05) is 13.5 Å². The van der Waals surface area contributed by atoms with Gasteiger partial charge in [0.15, 0.2) is 0 Å². The highest BCUT2D eigenvalue weighted by Gasteiger charge is 1.93. The van der Waals surface area contributed by atoms with Crippen molar-refractivity contribution in [2.24, 2.45) is 0 Å². The van der Waals surface area contributed by atoms with Gasteiger partial charge in [-0.25, -0.2) is 0 Å². The van der Waals surface area contributed by atoms with Crippen LogP contribution in [0.5, 0.6) is 0 Å². The van der Waals surface area contributed by atoms with Gasteiger partial charge in [0, 0.05) is 0 Å². The van der Waals surface area contributed by atoms with Gasteiger partial charge < -0.3 is 9.90 Å². The molecule has 2 nitrogen and oxygen atoms in total. The number of hydrogen-bond acceptors (Lipinski definition) is 3. The first-order chi connectivity index (χ1) is 4.68. The van der Waals surface area contributed by atoms with Crippen molar-refractivity contribution < 1.29 is 9.90 Å². The van der Waals surface area contributed by atoms with E-state index in [-0.39, 0.29) is 5.57 Å². The van der Waals surface area contributed by atoms with Crippen LogP contribution in [0.15, 0.2) is 12.2 Å². The van der Waals surface area contributed by atoms with E-state index in [0.29, 0.717) is 6.42 Å². The first-order valence-electron chi connectivity index (χ1n) is 3.15. The van der Waals surface area contributed by atoms with Gasteiger partial charge in [0.2, 0.25) is 0 Å². The fourth-order valence-electron chi connectivity index (χ4n) is 0.442. The molecule has 0 saturated heterocycles. The first-order valence-corrected chi connectivity index (χ1v) is 4.30. The Morgan fingerprint density at radius 3 is 2.70 bits per heavy atom. The third-order valence-electron chi connectivity index (χ3n) is 1.04. The van der Waals surface area contributed by atoms with Crippen molar-refractivity contribution in [1.29, 1.82) is 0 Å². The van der Waals surface area contributed by atoms with E-state index in [1.54, 1.807) is 11.8 Å². The highest BCUT2D eigenvalue weighted by Crippen LogP contribution is 2.05. The Morgan fingerprint density at radius 1 is 1.70 bits per heavy atom. The minimum absolute atomic E-state index is 0.195. The summed E-state index contributed by atoms with van der Waals surface area (Å²) < 4.78 is 0. The molecule has 0 amide bonds. The van der Waals surface area contributed by atoms with E-state index < -0.39 is 5.97 Å². The molecule has 0 fully saturated rings. The lowest BCUT2D eigenvalue weighted by Crippen LogP contribution is -2.24. The van der Waals surface area contributed by atoms with Crippen molar-refractivity contribution in [3.63, 3.8) is 0 Å². The van der Waals surface area contributed by atoms with Crippen molar-refractivity contribution in [2.75, 3.05) is 11.5 Å². The highest BCUT2D eigenvalue weighted by atomic mass is 32.2. The molecule has 10 heavy (non-hydrogen) atoms. The van der Waals surface area contributed by atoms with E-state index in [2.05, 4.69) is 6.58 Å². The SMILES string of the molecule is C=C(CCSCC)C(=O)[O-]. The molecule has 0 N–H and O–H groups in total. The molecule has 0 heterocycles. The topological polar surface area (TPSA) is 40.1 Å². The second-order valence-corrected chi connectivity index (χ2v) is 3.23. The van der Waals surface area contributed by atoms with Gasteiger partial charge in [-0.2, -0.15) is 11.8 Å². The average Bonchev–Trinajstić information content (AvgIpc) is 1.88. The average molecular weight is 159 g/mol. The molecule has 58 valence electrons. The molecular weight excluding hydrogens is 148 g/mol. The van der Waals surface area contributed by atoms with Gasteiger partial charge in [0.25, 0.3) is 0 Å². The summed E-state index contributed by atoms with van der Waals surface area (Å²) in [4.78, 5) is 10.1. The number of aliphatic carboxylic acids is 1. The predicted octanol–water partition coefficient (Wildman–Crippen LogP) is 0.436. The molecule has 0 aliphatic rings. The van der Waals surface area contributed by atoms with E-state index >= 15 is 0 Å². The Morgan fingerprint density at radius 2 is 2.30 bits per heavy atom. The van der Waals surface area contributed by atoms with E-state index in [4.69, 9.17) is 0 Å². The molecule has 0 aliphatic heterocycles. The van der Waals surface area contributed by atoms with Crippen molar-refractivity contribution in [1.82, 2.24) is 0 Å². The van der Waals surface area contributed by atoms with Crippen LogP contribution in [0.4, 0.5) is 0 Å². The Bertz CT molecular complexity index is 132. The third-order valence-corrected chi connectivity index (χ3v) is 1.94. The summed E-state index contributed by atoms with van der Waals surface area (Å²) in [6, 6.07) is 0. The Kier molecular flexibility index (Phi) is 5.12. The standard InChI is InChI=1S/C7H12O2S/c1-3-10-5-4-6(2)7(8)9/h2-5H2,1H3,(H,8,9)/p-1. The van der Waals surface area contributed by atoms with E-state index in [9.17, 15) is 9.90 Å². The maximum absolute atomic E-state index is 10.1. The zero-order valence-corrected chi connectivity index (χ0v) is 6.87. The third kappa shape index (κ3) is 4.44. The molecule has 0 rings (SSSR count). The van der Waals surface area contributed by atoms with Gasteiger partial charge in [-0.3, -0.25) is 0 Å². The van der Waals surface area contributed by atoms with Crippen LogP contribution in [0.1, 0.15) is 13.3 Å². The maximum Gasteiger partial charge on any atom is 0.0669 e. The molecule has 3 heteroatoms. The van der Waals surface area contributed by atoms with Gasteiger partial charge in [0.1, 0.15) is 0 Å². The van der Waals surface area contributed by atoms with Crippen LogP contribution in [0.3, 0.4) is 0 Å². The highest BCUT2D eigenvalue weighted by molar-refractivity contribution is 7.99. The summed E-state index contributed by atoms with van der Waals surface area (Å²) in [5.74, 6) is 0.709. The molecule has 0 bridgehead atoms. The molecule has 0 aromatic heterocycles. The monoisotopic (exact) mass is 159 g/mol. The lowest BCUT2D eigenvalue weighted by atomic mass is 10.2. The molecule has 0 radical (unpaired) electrons. The van der Waals surface area contributed by atoms with Crippen LogP contribution in [0, 0.1) is 0 Å². The number of thioether (sulfide) groups is 1. The summed E-state index contributed by atoms with van der Waals surface area (Å²) in [6.45, 7) is 5.38. The fraction of sp³-hybridized carbons (Fsp3) is 0.571. The number of carboxylic acid groups (broad SMARTS) is 1. The number of carboxylic acids is 1. The lowest BCUT2D eigenvalue weighted by molar-refractivity contribution is -0.299. The second-order valence-electron chi connectivity index (χ2n) is 1.84. The van der Waals surface area contributed by atoms with Crippen molar-refractivity contribution in [3.8, 4) is 0 Å². The van der Waals surface area contributed by atoms with E-state index in [0.717, 1.165) is 11.5 Å². The first kappa shape index (κ1) is 9.56. The molecule has 0 spiro atoms. The Balaban J connectivity index is 3.31. The van der Waals surface area contributed by atoms with Gasteiger partial charge in [-0.15, -0.1) is 0 Å². The summed E-state index contributed by atoms with van der Waals surface area (Å²) in [6.07, 6.45) is 0.529. The molecule has 0 aromatic carbocycles. The zero-order valence-electron chi connectivity index (χ0n) is 6.05. The Labute approximate surface area is 65.3 Å². The van der Waals surface area contributed by atoms with Crippen LogP contribution in [-0.2, 0) is 4.79 Å². The van der Waals surface area contributed by atoms with Gasteiger partial charge in [-0.05, 0) is 23.5 Å². The molecule has 0 saturated carbocycles. The fourth-order valence-corrected chi connectivity index (χ4v) is 1.12. The maximum atomic E-state index is 10.1. The zero-order chi connectivity index (χ0) is 7.98. The minimum Gasteiger partial charge on any atom is -0.545 e.